The summed E-state index contributed by atoms with van der Waals surface area (Å²) in [7, 11) is 0. The van der Waals surface area contributed by atoms with Gasteiger partial charge in [-0.3, -0.25) is 9.59 Å². The Morgan fingerprint density at radius 2 is 2.14 bits per heavy atom. The zero-order valence-corrected chi connectivity index (χ0v) is 12.3. The van der Waals surface area contributed by atoms with E-state index in [1.54, 1.807) is 24.3 Å². The lowest BCUT2D eigenvalue weighted by atomic mass is 9.81. The SMILES string of the molecule is CCCC1(C(=O)Nc2ccccc2CC(=O)O)CCNC1. The van der Waals surface area contributed by atoms with E-state index in [0.29, 0.717) is 17.8 Å². The molecule has 0 spiro atoms. The molecule has 2 rings (SSSR count). The van der Waals surface area contributed by atoms with Gasteiger partial charge in [0.25, 0.3) is 0 Å². The van der Waals surface area contributed by atoms with Crippen molar-refractivity contribution in [3.05, 3.63) is 29.8 Å². The number of para-hydroxylation sites is 1. The molecule has 1 unspecified atom stereocenters. The van der Waals surface area contributed by atoms with Crippen molar-refractivity contribution in [1.29, 1.82) is 0 Å². The Morgan fingerprint density at radius 3 is 2.76 bits per heavy atom. The van der Waals surface area contributed by atoms with E-state index in [-0.39, 0.29) is 17.7 Å². The molecule has 5 nitrogen and oxygen atoms in total. The number of carbonyl (C=O) groups is 2. The first-order valence-corrected chi connectivity index (χ1v) is 7.39. The molecule has 1 aromatic rings. The minimum atomic E-state index is -0.900. The molecule has 1 aliphatic rings. The minimum absolute atomic E-state index is 0.00723. The number of carboxylic acids is 1. The van der Waals surface area contributed by atoms with Crippen molar-refractivity contribution in [3.63, 3.8) is 0 Å². The lowest BCUT2D eigenvalue weighted by molar-refractivity contribution is -0.136. The average molecular weight is 290 g/mol. The molecule has 1 aliphatic heterocycles. The van der Waals surface area contributed by atoms with Crippen LogP contribution in [0.15, 0.2) is 24.3 Å². The monoisotopic (exact) mass is 290 g/mol. The van der Waals surface area contributed by atoms with Gasteiger partial charge in [0, 0.05) is 12.2 Å². The maximum absolute atomic E-state index is 12.7. The van der Waals surface area contributed by atoms with E-state index in [2.05, 4.69) is 17.6 Å². The van der Waals surface area contributed by atoms with Crippen LogP contribution in [0.4, 0.5) is 5.69 Å². The molecule has 1 heterocycles. The summed E-state index contributed by atoms with van der Waals surface area (Å²) in [5.41, 5.74) is 0.869. The third kappa shape index (κ3) is 3.61. The van der Waals surface area contributed by atoms with Crippen molar-refractivity contribution in [2.45, 2.75) is 32.6 Å². The fraction of sp³-hybridized carbons (Fsp3) is 0.500. The smallest absolute Gasteiger partial charge is 0.307 e. The van der Waals surface area contributed by atoms with Crippen molar-refractivity contribution in [2.24, 2.45) is 5.41 Å². The third-order valence-corrected chi connectivity index (χ3v) is 4.06. The number of anilines is 1. The van der Waals surface area contributed by atoms with Gasteiger partial charge in [-0.1, -0.05) is 31.5 Å². The fourth-order valence-electron chi connectivity index (χ4n) is 2.96. The van der Waals surface area contributed by atoms with E-state index in [4.69, 9.17) is 5.11 Å². The van der Waals surface area contributed by atoms with Crippen molar-refractivity contribution in [3.8, 4) is 0 Å². The van der Waals surface area contributed by atoms with Gasteiger partial charge in [-0.25, -0.2) is 0 Å². The summed E-state index contributed by atoms with van der Waals surface area (Å²) in [4.78, 5) is 23.6. The minimum Gasteiger partial charge on any atom is -0.481 e. The van der Waals surface area contributed by atoms with Crippen LogP contribution in [0, 0.1) is 5.41 Å². The number of aliphatic carboxylic acids is 1. The Morgan fingerprint density at radius 1 is 1.38 bits per heavy atom. The van der Waals surface area contributed by atoms with Crippen LogP contribution < -0.4 is 10.6 Å². The first-order chi connectivity index (χ1) is 10.1. The Labute approximate surface area is 124 Å². The van der Waals surface area contributed by atoms with Crippen LogP contribution >= 0.6 is 0 Å². The van der Waals surface area contributed by atoms with Crippen LogP contribution in [0.2, 0.25) is 0 Å². The van der Waals surface area contributed by atoms with Gasteiger partial charge in [0.1, 0.15) is 0 Å². The van der Waals surface area contributed by atoms with Crippen molar-refractivity contribution < 1.29 is 14.7 Å². The largest absolute Gasteiger partial charge is 0.481 e. The van der Waals surface area contributed by atoms with Crippen molar-refractivity contribution in [2.75, 3.05) is 18.4 Å². The normalized spacial score (nSPS) is 21.2. The summed E-state index contributed by atoms with van der Waals surface area (Å²) >= 11 is 0. The van der Waals surface area contributed by atoms with Gasteiger partial charge in [0.05, 0.1) is 11.8 Å². The van der Waals surface area contributed by atoms with Crippen molar-refractivity contribution in [1.82, 2.24) is 5.32 Å². The lowest BCUT2D eigenvalue weighted by Crippen LogP contribution is -2.38. The molecule has 1 saturated heterocycles. The first kappa shape index (κ1) is 15.5. The van der Waals surface area contributed by atoms with Crippen LogP contribution in [-0.2, 0) is 16.0 Å². The summed E-state index contributed by atoms with van der Waals surface area (Å²) in [6, 6.07) is 7.09. The Balaban J connectivity index is 2.17. The standard InChI is InChI=1S/C16H22N2O3/c1-2-7-16(8-9-17-11-16)15(21)18-13-6-4-3-5-12(13)10-14(19)20/h3-6,17H,2,7-11H2,1H3,(H,18,21)(H,19,20). The van der Waals surface area contributed by atoms with E-state index in [0.717, 1.165) is 25.8 Å². The van der Waals surface area contributed by atoms with Gasteiger partial charge in [-0.15, -0.1) is 0 Å². The number of amides is 1. The number of benzene rings is 1. The van der Waals surface area contributed by atoms with E-state index < -0.39 is 5.97 Å². The van der Waals surface area contributed by atoms with Gasteiger partial charge in [0.15, 0.2) is 0 Å². The highest BCUT2D eigenvalue weighted by Crippen LogP contribution is 2.33. The van der Waals surface area contributed by atoms with Crippen LogP contribution in [0.3, 0.4) is 0 Å². The highest BCUT2D eigenvalue weighted by molar-refractivity contribution is 5.96. The molecule has 0 saturated carbocycles. The van der Waals surface area contributed by atoms with Crippen molar-refractivity contribution >= 4 is 17.6 Å². The molecule has 1 aromatic carbocycles. The maximum atomic E-state index is 12.7. The molecule has 21 heavy (non-hydrogen) atoms. The van der Waals surface area contributed by atoms with Gasteiger partial charge in [0.2, 0.25) is 5.91 Å². The number of rotatable bonds is 6. The molecule has 0 aliphatic carbocycles. The molecule has 3 N–H and O–H groups in total. The lowest BCUT2D eigenvalue weighted by Gasteiger charge is -2.27. The van der Waals surface area contributed by atoms with Gasteiger partial charge < -0.3 is 15.7 Å². The summed E-state index contributed by atoms with van der Waals surface area (Å²) in [5, 5.41) is 15.1. The van der Waals surface area contributed by atoms with E-state index in [1.807, 2.05) is 0 Å². The first-order valence-electron chi connectivity index (χ1n) is 7.39. The highest BCUT2D eigenvalue weighted by atomic mass is 16.4. The summed E-state index contributed by atoms with van der Waals surface area (Å²) in [5.74, 6) is -0.908. The summed E-state index contributed by atoms with van der Waals surface area (Å²) in [6.45, 7) is 3.61. The quantitative estimate of drug-likeness (QED) is 0.749. The second-order valence-corrected chi connectivity index (χ2v) is 5.64. The number of hydrogen-bond acceptors (Lipinski definition) is 3. The van der Waals surface area contributed by atoms with Crippen LogP contribution in [-0.4, -0.2) is 30.1 Å². The number of carbonyl (C=O) groups excluding carboxylic acids is 1. The molecule has 114 valence electrons. The number of hydrogen-bond donors (Lipinski definition) is 3. The summed E-state index contributed by atoms with van der Waals surface area (Å²) < 4.78 is 0. The van der Waals surface area contributed by atoms with Gasteiger partial charge in [-0.05, 0) is 31.0 Å². The third-order valence-electron chi connectivity index (χ3n) is 4.06. The Bertz CT molecular complexity index is 522. The zero-order valence-electron chi connectivity index (χ0n) is 12.3. The van der Waals surface area contributed by atoms with Crippen LogP contribution in [0.25, 0.3) is 0 Å². The van der Waals surface area contributed by atoms with Crippen LogP contribution in [0.1, 0.15) is 31.7 Å². The molecule has 1 amide bonds. The zero-order chi connectivity index (χ0) is 15.3. The van der Waals surface area contributed by atoms with E-state index >= 15 is 0 Å². The molecule has 1 atom stereocenters. The maximum Gasteiger partial charge on any atom is 0.307 e. The van der Waals surface area contributed by atoms with Gasteiger partial charge in [-0.2, -0.15) is 0 Å². The van der Waals surface area contributed by atoms with E-state index in [1.165, 1.54) is 0 Å². The predicted octanol–water partition coefficient (Wildman–Crippen LogP) is 2.03. The van der Waals surface area contributed by atoms with Crippen LogP contribution in [0.5, 0.6) is 0 Å². The molecule has 0 radical (unpaired) electrons. The van der Waals surface area contributed by atoms with E-state index in [9.17, 15) is 9.59 Å². The second-order valence-electron chi connectivity index (χ2n) is 5.64. The fourth-order valence-corrected chi connectivity index (χ4v) is 2.96. The number of carboxylic acid groups (broad SMARTS) is 1. The Kier molecular flexibility index (Phi) is 4.96. The topological polar surface area (TPSA) is 78.4 Å². The highest BCUT2D eigenvalue weighted by Gasteiger charge is 2.40. The summed E-state index contributed by atoms with van der Waals surface area (Å²) in [6.07, 6.45) is 2.53. The Hall–Kier alpha value is -1.88. The molecule has 5 heteroatoms. The molecule has 1 fully saturated rings. The second kappa shape index (κ2) is 6.72. The molecular weight excluding hydrogens is 268 g/mol. The predicted molar refractivity (Wildman–Crippen MR) is 81.2 cm³/mol. The average Bonchev–Trinajstić information content (AvgIpc) is 2.91. The molecule has 0 bridgehead atoms. The van der Waals surface area contributed by atoms with Gasteiger partial charge >= 0.3 is 5.97 Å². The number of nitrogens with one attached hydrogen (secondary N) is 2. The molecular formula is C16H22N2O3. The molecule has 0 aromatic heterocycles.